The van der Waals surface area contributed by atoms with Crippen molar-refractivity contribution in [2.75, 3.05) is 26.2 Å². The molecule has 0 aliphatic carbocycles. The second-order valence-corrected chi connectivity index (χ2v) is 7.62. The zero-order chi connectivity index (χ0) is 17.0. The van der Waals surface area contributed by atoms with E-state index in [9.17, 15) is 8.42 Å². The Morgan fingerprint density at radius 1 is 1.12 bits per heavy atom. The summed E-state index contributed by atoms with van der Waals surface area (Å²) >= 11 is 0. The van der Waals surface area contributed by atoms with Gasteiger partial charge in [0.2, 0.25) is 10.0 Å². The van der Waals surface area contributed by atoms with Crippen LogP contribution in [0.4, 0.5) is 0 Å². The van der Waals surface area contributed by atoms with Crippen molar-refractivity contribution < 1.29 is 8.42 Å². The van der Waals surface area contributed by atoms with E-state index < -0.39 is 10.0 Å². The van der Waals surface area contributed by atoms with Crippen LogP contribution in [0.3, 0.4) is 0 Å². The molecule has 124 valence electrons. The van der Waals surface area contributed by atoms with Gasteiger partial charge in [0.05, 0.1) is 11.6 Å². The summed E-state index contributed by atoms with van der Waals surface area (Å²) in [6, 6.07) is 12.9. The van der Waals surface area contributed by atoms with E-state index in [1.807, 2.05) is 18.2 Å². The number of pyridine rings is 1. The zero-order valence-electron chi connectivity index (χ0n) is 13.2. The first kappa shape index (κ1) is 16.6. The van der Waals surface area contributed by atoms with Crippen LogP contribution in [0.15, 0.2) is 53.7 Å². The fraction of sp³-hybridized carbons (Fsp3) is 0.294. The molecule has 0 spiro atoms. The summed E-state index contributed by atoms with van der Waals surface area (Å²) in [5.41, 5.74) is 1.71. The van der Waals surface area contributed by atoms with Gasteiger partial charge in [0, 0.05) is 45.1 Å². The van der Waals surface area contributed by atoms with Crippen molar-refractivity contribution >= 4 is 10.0 Å². The lowest BCUT2D eigenvalue weighted by Gasteiger charge is -2.33. The van der Waals surface area contributed by atoms with Gasteiger partial charge >= 0.3 is 0 Å². The predicted octanol–water partition coefficient (Wildman–Crippen LogP) is 1.46. The maximum atomic E-state index is 12.6. The quantitative estimate of drug-likeness (QED) is 0.841. The number of hydrogen-bond donors (Lipinski definition) is 0. The average molecular weight is 342 g/mol. The van der Waals surface area contributed by atoms with Crippen LogP contribution in [0.1, 0.15) is 11.1 Å². The van der Waals surface area contributed by atoms with Crippen LogP contribution in [-0.2, 0) is 16.6 Å². The molecule has 1 aliphatic rings. The number of piperazine rings is 1. The summed E-state index contributed by atoms with van der Waals surface area (Å²) in [5, 5.41) is 8.96. The Hall–Kier alpha value is -2.27. The molecule has 1 saturated heterocycles. The van der Waals surface area contributed by atoms with E-state index >= 15 is 0 Å². The lowest BCUT2D eigenvalue weighted by atomic mass is 10.1. The van der Waals surface area contributed by atoms with Gasteiger partial charge in [0.25, 0.3) is 0 Å². The second-order valence-electron chi connectivity index (χ2n) is 5.68. The van der Waals surface area contributed by atoms with Gasteiger partial charge in [-0.05, 0) is 29.8 Å². The molecule has 0 saturated carbocycles. The Bertz CT molecular complexity index is 838. The molecule has 3 rings (SSSR count). The Morgan fingerprint density at radius 3 is 2.58 bits per heavy atom. The molecule has 7 heteroatoms. The van der Waals surface area contributed by atoms with E-state index in [-0.39, 0.29) is 4.90 Å². The fourth-order valence-electron chi connectivity index (χ4n) is 2.77. The third kappa shape index (κ3) is 3.62. The van der Waals surface area contributed by atoms with Gasteiger partial charge < -0.3 is 0 Å². The molecule has 24 heavy (non-hydrogen) atoms. The molecule has 2 heterocycles. The number of rotatable bonds is 4. The summed E-state index contributed by atoms with van der Waals surface area (Å²) in [6.07, 6.45) is 2.95. The standard InChI is InChI=1S/C17H18N4O2S/c18-12-15-3-1-4-16(11-15)14-20-7-9-21(10-8-20)24(22,23)17-5-2-6-19-13-17/h1-6,11,13H,7-10,14H2. The number of nitrogens with zero attached hydrogens (tertiary/aromatic N) is 4. The van der Waals surface area contributed by atoms with Crippen LogP contribution in [0.25, 0.3) is 0 Å². The molecule has 1 aromatic carbocycles. The molecule has 0 atom stereocenters. The molecular weight excluding hydrogens is 324 g/mol. The van der Waals surface area contributed by atoms with Crippen LogP contribution in [0.5, 0.6) is 0 Å². The summed E-state index contributed by atoms with van der Waals surface area (Å²) in [5.74, 6) is 0. The number of nitriles is 1. The van der Waals surface area contributed by atoms with E-state index in [1.165, 1.54) is 10.5 Å². The summed E-state index contributed by atoms with van der Waals surface area (Å²) < 4.78 is 26.6. The normalized spacial score (nSPS) is 16.6. The van der Waals surface area contributed by atoms with Gasteiger partial charge in [-0.2, -0.15) is 9.57 Å². The molecule has 0 amide bonds. The van der Waals surface area contributed by atoms with E-state index in [4.69, 9.17) is 5.26 Å². The molecule has 6 nitrogen and oxygen atoms in total. The van der Waals surface area contributed by atoms with Gasteiger partial charge in [0.1, 0.15) is 4.90 Å². The Morgan fingerprint density at radius 2 is 1.92 bits per heavy atom. The van der Waals surface area contributed by atoms with Crippen molar-refractivity contribution in [3.05, 3.63) is 59.9 Å². The van der Waals surface area contributed by atoms with Gasteiger partial charge in [-0.15, -0.1) is 0 Å². The smallest absolute Gasteiger partial charge is 0.244 e. The largest absolute Gasteiger partial charge is 0.296 e. The zero-order valence-corrected chi connectivity index (χ0v) is 14.0. The van der Waals surface area contributed by atoms with Crippen LogP contribution >= 0.6 is 0 Å². The molecule has 0 bridgehead atoms. The summed E-state index contributed by atoms with van der Waals surface area (Å²) in [4.78, 5) is 6.33. The third-order valence-corrected chi connectivity index (χ3v) is 5.95. The van der Waals surface area contributed by atoms with E-state index in [2.05, 4.69) is 16.0 Å². The highest BCUT2D eigenvalue weighted by atomic mass is 32.2. The molecule has 1 aliphatic heterocycles. The topological polar surface area (TPSA) is 77.3 Å². The molecule has 2 aromatic rings. The minimum absolute atomic E-state index is 0.236. The number of hydrogen-bond acceptors (Lipinski definition) is 5. The van der Waals surface area contributed by atoms with Crippen LogP contribution in [-0.4, -0.2) is 48.8 Å². The predicted molar refractivity (Wildman–Crippen MR) is 89.4 cm³/mol. The van der Waals surface area contributed by atoms with Crippen LogP contribution in [0.2, 0.25) is 0 Å². The van der Waals surface area contributed by atoms with E-state index in [1.54, 1.807) is 24.4 Å². The van der Waals surface area contributed by atoms with E-state index in [0.717, 1.165) is 12.1 Å². The molecule has 0 unspecified atom stereocenters. The van der Waals surface area contributed by atoms with Gasteiger partial charge in [0.15, 0.2) is 0 Å². The van der Waals surface area contributed by atoms with E-state index in [0.29, 0.717) is 31.7 Å². The lowest BCUT2D eigenvalue weighted by molar-refractivity contribution is 0.181. The molecule has 0 N–H and O–H groups in total. The SMILES string of the molecule is N#Cc1cccc(CN2CCN(S(=O)(=O)c3cccnc3)CC2)c1. The van der Waals surface area contributed by atoms with Crippen molar-refractivity contribution in [3.8, 4) is 6.07 Å². The monoisotopic (exact) mass is 342 g/mol. The maximum absolute atomic E-state index is 12.6. The molecule has 0 radical (unpaired) electrons. The van der Waals surface area contributed by atoms with Crippen molar-refractivity contribution in [2.24, 2.45) is 0 Å². The maximum Gasteiger partial charge on any atom is 0.244 e. The molecular formula is C17H18N4O2S. The van der Waals surface area contributed by atoms with Crippen molar-refractivity contribution in [1.82, 2.24) is 14.2 Å². The first-order valence-electron chi connectivity index (χ1n) is 7.71. The highest BCUT2D eigenvalue weighted by Gasteiger charge is 2.28. The third-order valence-electron chi connectivity index (χ3n) is 4.07. The average Bonchev–Trinajstić information content (AvgIpc) is 2.63. The van der Waals surface area contributed by atoms with Crippen LogP contribution in [0, 0.1) is 11.3 Å². The minimum atomic E-state index is -3.47. The van der Waals surface area contributed by atoms with Crippen LogP contribution < -0.4 is 0 Å². The first-order chi connectivity index (χ1) is 11.6. The van der Waals surface area contributed by atoms with Crippen molar-refractivity contribution in [2.45, 2.75) is 11.4 Å². The fourth-order valence-corrected chi connectivity index (χ4v) is 4.16. The number of sulfonamides is 1. The highest BCUT2D eigenvalue weighted by Crippen LogP contribution is 2.17. The van der Waals surface area contributed by atoms with Gasteiger partial charge in [-0.1, -0.05) is 12.1 Å². The Balaban J connectivity index is 1.63. The van der Waals surface area contributed by atoms with Gasteiger partial charge in [-0.25, -0.2) is 8.42 Å². The molecule has 1 aromatic heterocycles. The highest BCUT2D eigenvalue weighted by molar-refractivity contribution is 7.89. The number of benzene rings is 1. The number of aromatic nitrogens is 1. The minimum Gasteiger partial charge on any atom is -0.296 e. The summed E-state index contributed by atoms with van der Waals surface area (Å²) in [6.45, 7) is 2.95. The van der Waals surface area contributed by atoms with Crippen molar-refractivity contribution in [3.63, 3.8) is 0 Å². The first-order valence-corrected chi connectivity index (χ1v) is 9.15. The summed E-state index contributed by atoms with van der Waals surface area (Å²) in [7, 11) is -3.47. The van der Waals surface area contributed by atoms with Gasteiger partial charge in [-0.3, -0.25) is 9.88 Å². The van der Waals surface area contributed by atoms with Crippen molar-refractivity contribution in [1.29, 1.82) is 5.26 Å². The Labute approximate surface area is 142 Å². The molecule has 1 fully saturated rings. The Kier molecular flexibility index (Phi) is 4.90. The lowest BCUT2D eigenvalue weighted by Crippen LogP contribution is -2.48. The second kappa shape index (κ2) is 7.09.